The highest BCUT2D eigenvalue weighted by Gasteiger charge is 2.19. The molecule has 2 aromatic carbocycles. The zero-order valence-corrected chi connectivity index (χ0v) is 16.5. The van der Waals surface area contributed by atoms with Gasteiger partial charge in [0.15, 0.2) is 0 Å². The second-order valence-corrected chi connectivity index (χ2v) is 7.28. The summed E-state index contributed by atoms with van der Waals surface area (Å²) in [4.78, 5) is 16.6. The van der Waals surface area contributed by atoms with Gasteiger partial charge in [-0.3, -0.25) is 4.79 Å². The average molecular weight is 385 g/mol. The summed E-state index contributed by atoms with van der Waals surface area (Å²) >= 11 is 0. The molecule has 0 bridgehead atoms. The van der Waals surface area contributed by atoms with Crippen molar-refractivity contribution < 1.29 is 14.3 Å². The van der Waals surface area contributed by atoms with Crippen LogP contribution in [0.2, 0.25) is 0 Å². The second kappa shape index (κ2) is 9.17. The standard InChI is InChI=1S/C22H28FN3O2/c1-3-16-4-6-17(7-5-16)21(27)15-24-22(28)18-8-9-20(19(23)14-18)26-12-10-25(2)11-13-26/h4-9,14,21,27H,3,10-13,15H2,1-2H3,(H,24,28). The van der Waals surface area contributed by atoms with E-state index in [0.717, 1.165) is 38.2 Å². The second-order valence-electron chi connectivity index (χ2n) is 7.28. The van der Waals surface area contributed by atoms with E-state index in [1.54, 1.807) is 12.1 Å². The van der Waals surface area contributed by atoms with Gasteiger partial charge in [-0.05, 0) is 42.8 Å². The molecule has 1 heterocycles. The Labute approximate surface area is 165 Å². The Hall–Kier alpha value is -2.44. The lowest BCUT2D eigenvalue weighted by molar-refractivity contribution is 0.0916. The maximum atomic E-state index is 14.5. The van der Waals surface area contributed by atoms with Crippen molar-refractivity contribution in [1.82, 2.24) is 10.2 Å². The first-order valence-electron chi connectivity index (χ1n) is 9.76. The van der Waals surface area contributed by atoms with Crippen molar-refractivity contribution in [2.75, 3.05) is 44.7 Å². The number of amides is 1. The average Bonchev–Trinajstić information content (AvgIpc) is 2.72. The first kappa shape index (κ1) is 20.3. The summed E-state index contributed by atoms with van der Waals surface area (Å²) in [6.45, 7) is 5.45. The van der Waals surface area contributed by atoms with Gasteiger partial charge in [-0.1, -0.05) is 31.2 Å². The molecule has 0 saturated carbocycles. The molecule has 2 N–H and O–H groups in total. The molecule has 0 spiro atoms. The lowest BCUT2D eigenvalue weighted by Gasteiger charge is -2.34. The number of carbonyl (C=O) groups is 1. The van der Waals surface area contributed by atoms with E-state index in [2.05, 4.69) is 17.1 Å². The Morgan fingerprint density at radius 1 is 1.14 bits per heavy atom. The van der Waals surface area contributed by atoms with E-state index in [1.807, 2.05) is 36.2 Å². The van der Waals surface area contributed by atoms with Gasteiger partial charge in [0.25, 0.3) is 5.91 Å². The zero-order valence-electron chi connectivity index (χ0n) is 16.5. The lowest BCUT2D eigenvalue weighted by atomic mass is 10.1. The molecular formula is C22H28FN3O2. The lowest BCUT2D eigenvalue weighted by Crippen LogP contribution is -2.44. The van der Waals surface area contributed by atoms with Gasteiger partial charge in [-0.25, -0.2) is 4.39 Å². The topological polar surface area (TPSA) is 55.8 Å². The summed E-state index contributed by atoms with van der Waals surface area (Å²) in [5.41, 5.74) is 2.72. The number of nitrogens with one attached hydrogen (secondary N) is 1. The van der Waals surface area contributed by atoms with Gasteiger partial charge in [0.05, 0.1) is 11.8 Å². The molecule has 2 aromatic rings. The Kier molecular flexibility index (Phi) is 6.65. The van der Waals surface area contributed by atoms with Crippen molar-refractivity contribution in [3.8, 4) is 0 Å². The molecule has 1 aliphatic rings. The number of benzene rings is 2. The van der Waals surface area contributed by atoms with E-state index in [-0.39, 0.29) is 12.1 Å². The van der Waals surface area contributed by atoms with Crippen molar-refractivity contribution >= 4 is 11.6 Å². The Bertz CT molecular complexity index is 802. The first-order chi connectivity index (χ1) is 13.5. The number of aliphatic hydroxyl groups is 1. The van der Waals surface area contributed by atoms with E-state index in [1.165, 1.54) is 11.6 Å². The number of nitrogens with zero attached hydrogens (tertiary/aromatic N) is 2. The van der Waals surface area contributed by atoms with E-state index in [9.17, 15) is 14.3 Å². The fraction of sp³-hybridized carbons (Fsp3) is 0.409. The SMILES string of the molecule is CCc1ccc(C(O)CNC(=O)c2ccc(N3CCN(C)CC3)c(F)c2)cc1. The quantitative estimate of drug-likeness (QED) is 0.803. The maximum absolute atomic E-state index is 14.5. The first-order valence-corrected chi connectivity index (χ1v) is 9.76. The summed E-state index contributed by atoms with van der Waals surface area (Å²) in [5.74, 6) is -0.791. The van der Waals surface area contributed by atoms with E-state index in [0.29, 0.717) is 5.69 Å². The number of halogens is 1. The van der Waals surface area contributed by atoms with E-state index >= 15 is 0 Å². The van der Waals surface area contributed by atoms with Gasteiger partial charge in [-0.15, -0.1) is 0 Å². The van der Waals surface area contributed by atoms with Crippen LogP contribution >= 0.6 is 0 Å². The molecule has 1 unspecified atom stereocenters. The highest BCUT2D eigenvalue weighted by atomic mass is 19.1. The summed E-state index contributed by atoms with van der Waals surface area (Å²) < 4.78 is 14.5. The maximum Gasteiger partial charge on any atom is 0.251 e. The van der Waals surface area contributed by atoms with Gasteiger partial charge in [0.1, 0.15) is 5.82 Å². The molecule has 0 radical (unpaired) electrons. The van der Waals surface area contributed by atoms with Crippen LogP contribution in [0.5, 0.6) is 0 Å². The van der Waals surface area contributed by atoms with Crippen LogP contribution in [0.1, 0.15) is 34.5 Å². The third-order valence-electron chi connectivity index (χ3n) is 5.28. The molecule has 3 rings (SSSR count). The molecule has 150 valence electrons. The summed E-state index contributed by atoms with van der Waals surface area (Å²) in [6, 6.07) is 12.2. The van der Waals surface area contributed by atoms with Crippen molar-refractivity contribution in [1.29, 1.82) is 0 Å². The summed E-state index contributed by atoms with van der Waals surface area (Å²) in [5, 5.41) is 13.0. The molecule has 0 aliphatic carbocycles. The number of piperazine rings is 1. The minimum atomic E-state index is -0.802. The molecule has 1 fully saturated rings. The monoisotopic (exact) mass is 385 g/mol. The van der Waals surface area contributed by atoms with Crippen LogP contribution in [0, 0.1) is 5.82 Å². The number of rotatable bonds is 6. The highest BCUT2D eigenvalue weighted by Crippen LogP contribution is 2.22. The Morgan fingerprint density at radius 3 is 2.43 bits per heavy atom. The molecule has 28 heavy (non-hydrogen) atoms. The van der Waals surface area contributed by atoms with Crippen LogP contribution in [-0.4, -0.2) is 55.7 Å². The van der Waals surface area contributed by atoms with Gasteiger partial charge < -0.3 is 20.2 Å². The zero-order chi connectivity index (χ0) is 20.1. The van der Waals surface area contributed by atoms with E-state index < -0.39 is 17.8 Å². The number of aliphatic hydroxyl groups excluding tert-OH is 1. The summed E-state index contributed by atoms with van der Waals surface area (Å²) in [6.07, 6.45) is 0.132. The highest BCUT2D eigenvalue weighted by molar-refractivity contribution is 5.94. The number of anilines is 1. The molecule has 1 atom stereocenters. The number of likely N-dealkylation sites (N-methyl/N-ethyl adjacent to an activating group) is 1. The summed E-state index contributed by atoms with van der Waals surface area (Å²) in [7, 11) is 2.05. The van der Waals surface area contributed by atoms with Gasteiger partial charge >= 0.3 is 0 Å². The third kappa shape index (κ3) is 4.88. The molecule has 1 aliphatic heterocycles. The van der Waals surface area contributed by atoms with E-state index in [4.69, 9.17) is 0 Å². The van der Waals surface area contributed by atoms with Crippen molar-refractivity contribution in [2.24, 2.45) is 0 Å². The van der Waals surface area contributed by atoms with Crippen molar-refractivity contribution in [2.45, 2.75) is 19.4 Å². The predicted octanol–water partition coefficient (Wildman–Crippen LogP) is 2.60. The number of hydrogen-bond donors (Lipinski definition) is 2. The number of carbonyl (C=O) groups excluding carboxylic acids is 1. The molecule has 1 amide bonds. The normalized spacial score (nSPS) is 16.1. The van der Waals surface area contributed by atoms with Crippen molar-refractivity contribution in [3.63, 3.8) is 0 Å². The fourth-order valence-electron chi connectivity index (χ4n) is 3.34. The molecule has 0 aromatic heterocycles. The minimum Gasteiger partial charge on any atom is -0.387 e. The minimum absolute atomic E-state index is 0.0755. The fourth-order valence-corrected chi connectivity index (χ4v) is 3.34. The number of hydrogen-bond acceptors (Lipinski definition) is 4. The van der Waals surface area contributed by atoms with Crippen LogP contribution in [0.25, 0.3) is 0 Å². The van der Waals surface area contributed by atoms with Crippen LogP contribution in [0.15, 0.2) is 42.5 Å². The van der Waals surface area contributed by atoms with Gasteiger partial charge in [0, 0.05) is 38.3 Å². The third-order valence-corrected chi connectivity index (χ3v) is 5.28. The largest absolute Gasteiger partial charge is 0.387 e. The number of aryl methyl sites for hydroxylation is 1. The van der Waals surface area contributed by atoms with Crippen LogP contribution < -0.4 is 10.2 Å². The predicted molar refractivity (Wildman–Crippen MR) is 109 cm³/mol. The van der Waals surface area contributed by atoms with Crippen LogP contribution in [0.3, 0.4) is 0 Å². The molecular weight excluding hydrogens is 357 g/mol. The Morgan fingerprint density at radius 2 is 1.82 bits per heavy atom. The van der Waals surface area contributed by atoms with Crippen LogP contribution in [-0.2, 0) is 6.42 Å². The molecule has 1 saturated heterocycles. The van der Waals surface area contributed by atoms with Gasteiger partial charge in [0.2, 0.25) is 0 Å². The smallest absolute Gasteiger partial charge is 0.251 e. The van der Waals surface area contributed by atoms with Crippen molar-refractivity contribution in [3.05, 3.63) is 65.0 Å². The molecule has 5 nitrogen and oxygen atoms in total. The van der Waals surface area contributed by atoms with Crippen LogP contribution in [0.4, 0.5) is 10.1 Å². The molecule has 6 heteroatoms. The van der Waals surface area contributed by atoms with Gasteiger partial charge in [-0.2, -0.15) is 0 Å². The Balaban J connectivity index is 1.58.